The number of hydrogen-bond acceptors (Lipinski definition) is 4. The molecule has 0 spiro atoms. The van der Waals surface area contributed by atoms with Crippen molar-refractivity contribution in [1.29, 1.82) is 0 Å². The van der Waals surface area contributed by atoms with Gasteiger partial charge in [-0.3, -0.25) is 14.4 Å². The van der Waals surface area contributed by atoms with E-state index in [2.05, 4.69) is 12.2 Å². The van der Waals surface area contributed by atoms with E-state index in [0.717, 1.165) is 30.4 Å². The Hall–Kier alpha value is -2.17. The second-order valence-electron chi connectivity index (χ2n) is 7.32. The van der Waals surface area contributed by atoms with E-state index in [-0.39, 0.29) is 37.2 Å². The average Bonchev–Trinajstić information content (AvgIpc) is 2.62. The quantitative estimate of drug-likeness (QED) is 0.597. The van der Waals surface area contributed by atoms with Crippen molar-refractivity contribution in [2.24, 2.45) is 5.92 Å². The Labute approximate surface area is 155 Å². The first kappa shape index (κ1) is 20.1. The van der Waals surface area contributed by atoms with Gasteiger partial charge in [0.2, 0.25) is 0 Å². The van der Waals surface area contributed by atoms with Gasteiger partial charge in [0.1, 0.15) is 0 Å². The predicted octanol–water partition coefficient (Wildman–Crippen LogP) is 3.50. The molecule has 5 nitrogen and oxygen atoms in total. The van der Waals surface area contributed by atoms with Gasteiger partial charge in [-0.25, -0.2) is 0 Å². The maximum atomic E-state index is 12.2. The zero-order chi connectivity index (χ0) is 19.1. The summed E-state index contributed by atoms with van der Waals surface area (Å²) >= 11 is 0. The highest BCUT2D eigenvalue weighted by Gasteiger charge is 2.23. The fraction of sp³-hybridized carbons (Fsp3) is 0.571. The van der Waals surface area contributed by atoms with Crippen molar-refractivity contribution in [2.45, 2.75) is 65.3 Å². The van der Waals surface area contributed by atoms with E-state index in [4.69, 9.17) is 4.74 Å². The van der Waals surface area contributed by atoms with Crippen LogP contribution in [0.2, 0.25) is 0 Å². The number of esters is 1. The molecule has 1 amide bonds. The average molecular weight is 359 g/mol. The van der Waals surface area contributed by atoms with Gasteiger partial charge >= 0.3 is 5.97 Å². The largest absolute Gasteiger partial charge is 0.456 e. The van der Waals surface area contributed by atoms with Crippen molar-refractivity contribution in [3.8, 4) is 0 Å². The van der Waals surface area contributed by atoms with Crippen LogP contribution in [-0.4, -0.2) is 30.3 Å². The first-order valence-corrected chi connectivity index (χ1v) is 9.42. The Balaban J connectivity index is 1.70. The van der Waals surface area contributed by atoms with Crippen LogP contribution in [0, 0.1) is 19.8 Å². The summed E-state index contributed by atoms with van der Waals surface area (Å²) in [6.45, 7) is 5.79. The number of Topliss-reactive ketones (excluding diaryl/α,β-unsaturated/α-hetero) is 1. The molecule has 1 aromatic rings. The molecule has 2 atom stereocenters. The van der Waals surface area contributed by atoms with E-state index in [1.807, 2.05) is 26.0 Å². The molecular weight excluding hydrogens is 330 g/mol. The van der Waals surface area contributed by atoms with Crippen molar-refractivity contribution in [2.75, 3.05) is 6.61 Å². The molecule has 1 aliphatic carbocycles. The lowest BCUT2D eigenvalue weighted by Gasteiger charge is -2.29. The van der Waals surface area contributed by atoms with Gasteiger partial charge in [0.05, 0.1) is 6.42 Å². The second kappa shape index (κ2) is 9.51. The molecule has 1 aliphatic rings. The van der Waals surface area contributed by atoms with E-state index in [1.165, 1.54) is 6.42 Å². The second-order valence-corrected chi connectivity index (χ2v) is 7.32. The number of rotatable bonds is 7. The van der Waals surface area contributed by atoms with Crippen molar-refractivity contribution in [3.05, 3.63) is 34.9 Å². The Morgan fingerprint density at radius 2 is 1.81 bits per heavy atom. The number of carbonyl (C=O) groups excluding carboxylic acids is 3. The number of aryl methyl sites for hydroxylation is 2. The minimum absolute atomic E-state index is 0.0150. The summed E-state index contributed by atoms with van der Waals surface area (Å²) in [5.41, 5.74) is 2.77. The molecule has 0 unspecified atom stereocenters. The van der Waals surface area contributed by atoms with Crippen LogP contribution in [0.25, 0.3) is 0 Å². The van der Waals surface area contributed by atoms with Crippen molar-refractivity contribution in [3.63, 3.8) is 0 Å². The number of nitrogens with one attached hydrogen (secondary N) is 1. The maximum Gasteiger partial charge on any atom is 0.306 e. The number of benzene rings is 1. The van der Waals surface area contributed by atoms with Crippen molar-refractivity contribution in [1.82, 2.24) is 5.32 Å². The molecule has 1 fully saturated rings. The van der Waals surface area contributed by atoms with Crippen LogP contribution in [-0.2, 0) is 14.3 Å². The zero-order valence-corrected chi connectivity index (χ0v) is 16.0. The van der Waals surface area contributed by atoms with Crippen LogP contribution in [0.5, 0.6) is 0 Å². The molecule has 0 bridgehead atoms. The molecule has 26 heavy (non-hydrogen) atoms. The van der Waals surface area contributed by atoms with Gasteiger partial charge in [-0.1, -0.05) is 31.9 Å². The fourth-order valence-corrected chi connectivity index (χ4v) is 3.27. The fourth-order valence-electron chi connectivity index (χ4n) is 3.27. The first-order valence-electron chi connectivity index (χ1n) is 9.42. The third kappa shape index (κ3) is 5.97. The predicted molar refractivity (Wildman–Crippen MR) is 100 cm³/mol. The normalized spacial score (nSPS) is 19.7. The molecule has 1 saturated carbocycles. The van der Waals surface area contributed by atoms with Gasteiger partial charge in [0.15, 0.2) is 12.4 Å². The molecule has 1 N–H and O–H groups in total. The summed E-state index contributed by atoms with van der Waals surface area (Å²) in [5, 5.41) is 2.94. The molecule has 0 aromatic heterocycles. The molecule has 0 saturated heterocycles. The summed E-state index contributed by atoms with van der Waals surface area (Å²) < 4.78 is 5.01. The number of carbonyl (C=O) groups is 3. The van der Waals surface area contributed by atoms with Gasteiger partial charge in [-0.05, 0) is 49.8 Å². The van der Waals surface area contributed by atoms with Crippen LogP contribution >= 0.6 is 0 Å². The Morgan fingerprint density at radius 3 is 2.50 bits per heavy atom. The van der Waals surface area contributed by atoms with Gasteiger partial charge in [-0.15, -0.1) is 0 Å². The van der Waals surface area contributed by atoms with Crippen LogP contribution < -0.4 is 5.32 Å². The van der Waals surface area contributed by atoms with Gasteiger partial charge < -0.3 is 10.1 Å². The van der Waals surface area contributed by atoms with Gasteiger partial charge in [0, 0.05) is 18.0 Å². The van der Waals surface area contributed by atoms with E-state index < -0.39 is 5.97 Å². The molecule has 2 rings (SSSR count). The van der Waals surface area contributed by atoms with Crippen LogP contribution in [0.4, 0.5) is 0 Å². The number of ether oxygens (including phenoxy) is 1. The summed E-state index contributed by atoms with van der Waals surface area (Å²) in [5.74, 6) is -0.420. The van der Waals surface area contributed by atoms with E-state index in [1.54, 1.807) is 6.07 Å². The summed E-state index contributed by atoms with van der Waals surface area (Å²) in [6, 6.07) is 5.68. The number of hydrogen-bond donors (Lipinski definition) is 1. The monoisotopic (exact) mass is 359 g/mol. The lowest BCUT2D eigenvalue weighted by Crippen LogP contribution is -2.42. The Morgan fingerprint density at radius 1 is 1.08 bits per heavy atom. The van der Waals surface area contributed by atoms with Crippen LogP contribution in [0.1, 0.15) is 66.9 Å². The van der Waals surface area contributed by atoms with Crippen LogP contribution in [0.3, 0.4) is 0 Å². The Kier molecular flexibility index (Phi) is 7.37. The lowest BCUT2D eigenvalue weighted by molar-refractivity contribution is -0.148. The van der Waals surface area contributed by atoms with E-state index in [9.17, 15) is 14.4 Å². The van der Waals surface area contributed by atoms with Gasteiger partial charge in [-0.2, -0.15) is 0 Å². The summed E-state index contributed by atoms with van der Waals surface area (Å²) in [4.78, 5) is 35.9. The number of amides is 1. The van der Waals surface area contributed by atoms with Gasteiger partial charge in [0.25, 0.3) is 5.91 Å². The highest BCUT2D eigenvalue weighted by Crippen LogP contribution is 2.23. The lowest BCUT2D eigenvalue weighted by atomic mass is 9.86. The third-order valence-corrected chi connectivity index (χ3v) is 5.21. The van der Waals surface area contributed by atoms with Crippen molar-refractivity contribution >= 4 is 17.7 Å². The molecule has 5 heteroatoms. The number of ketones is 1. The SMILES string of the molecule is Cc1ccc(C(=O)CCC(=O)OCC(=O)N[C@@H]2CCCC[C@@H]2C)cc1C. The topological polar surface area (TPSA) is 72.5 Å². The highest BCUT2D eigenvalue weighted by atomic mass is 16.5. The summed E-state index contributed by atoms with van der Waals surface area (Å²) in [7, 11) is 0. The molecule has 0 heterocycles. The zero-order valence-electron chi connectivity index (χ0n) is 16.0. The molecule has 1 aromatic carbocycles. The highest BCUT2D eigenvalue weighted by molar-refractivity contribution is 5.97. The van der Waals surface area contributed by atoms with Crippen LogP contribution in [0.15, 0.2) is 18.2 Å². The molecular formula is C21H29NO4. The molecule has 142 valence electrons. The smallest absolute Gasteiger partial charge is 0.306 e. The van der Waals surface area contributed by atoms with E-state index >= 15 is 0 Å². The minimum atomic E-state index is -0.519. The van der Waals surface area contributed by atoms with Crippen molar-refractivity contribution < 1.29 is 19.1 Å². The first-order chi connectivity index (χ1) is 12.4. The Bertz CT molecular complexity index is 668. The third-order valence-electron chi connectivity index (χ3n) is 5.21. The molecule has 0 radical (unpaired) electrons. The standard InChI is InChI=1S/C21H29NO4/c1-14-8-9-17(12-16(14)3)19(23)10-11-21(25)26-13-20(24)22-18-7-5-4-6-15(18)2/h8-9,12,15,18H,4-7,10-11,13H2,1-3H3,(H,22,24)/t15-,18+/m0/s1. The van der Waals surface area contributed by atoms with E-state index in [0.29, 0.717) is 11.5 Å². The minimum Gasteiger partial charge on any atom is -0.456 e. The molecule has 0 aliphatic heterocycles. The maximum absolute atomic E-state index is 12.2. The summed E-state index contributed by atoms with van der Waals surface area (Å²) in [6.07, 6.45) is 4.49.